The van der Waals surface area contributed by atoms with E-state index in [1.807, 2.05) is 53.9 Å². The van der Waals surface area contributed by atoms with Crippen LogP contribution in [0.15, 0.2) is 83.1 Å². The molecule has 1 N–H and O–H groups in total. The Balaban J connectivity index is 1.61. The molecule has 0 aliphatic rings. The molecule has 0 saturated carbocycles. The molecule has 0 radical (unpaired) electrons. The third kappa shape index (κ3) is 3.66. The van der Waals surface area contributed by atoms with Gasteiger partial charge in [0.1, 0.15) is 6.54 Å². The van der Waals surface area contributed by atoms with Crippen LogP contribution >= 0.6 is 11.3 Å². The Kier molecular flexibility index (Phi) is 4.80. The van der Waals surface area contributed by atoms with Gasteiger partial charge in [-0.05, 0) is 29.1 Å². The van der Waals surface area contributed by atoms with Gasteiger partial charge in [0, 0.05) is 10.3 Å². The van der Waals surface area contributed by atoms with Crippen LogP contribution in [0.3, 0.4) is 0 Å². The maximum atomic E-state index is 12.8. The van der Waals surface area contributed by atoms with Crippen molar-refractivity contribution in [2.75, 3.05) is 0 Å². The van der Waals surface area contributed by atoms with Gasteiger partial charge in [0.05, 0.1) is 17.8 Å². The molecule has 2 aromatic heterocycles. The molecule has 5 nitrogen and oxygen atoms in total. The van der Waals surface area contributed by atoms with Gasteiger partial charge in [-0.2, -0.15) is 5.10 Å². The molecule has 0 spiro atoms. The number of rotatable bonds is 5. The van der Waals surface area contributed by atoms with Crippen LogP contribution in [0.25, 0.3) is 10.9 Å². The topological polar surface area (TPSA) is 64.0 Å². The van der Waals surface area contributed by atoms with E-state index in [0.29, 0.717) is 10.9 Å². The summed E-state index contributed by atoms with van der Waals surface area (Å²) < 4.78 is 1.56. The predicted molar refractivity (Wildman–Crippen MR) is 107 cm³/mol. The number of benzene rings is 2. The summed E-state index contributed by atoms with van der Waals surface area (Å²) in [6.45, 7) is 0.0372. The van der Waals surface area contributed by atoms with Gasteiger partial charge >= 0.3 is 0 Å². The molecular formula is C21H17N3O2S. The van der Waals surface area contributed by atoms with Gasteiger partial charge in [0.2, 0.25) is 11.3 Å². The van der Waals surface area contributed by atoms with Crippen molar-refractivity contribution in [1.82, 2.24) is 15.1 Å². The van der Waals surface area contributed by atoms with Gasteiger partial charge in [0.25, 0.3) is 0 Å². The predicted octanol–water partition coefficient (Wildman–Crippen LogP) is 3.36. The third-order valence-electron chi connectivity index (χ3n) is 4.32. The highest BCUT2D eigenvalue weighted by Crippen LogP contribution is 2.25. The molecule has 4 rings (SSSR count). The molecule has 134 valence electrons. The maximum Gasteiger partial charge on any atom is 0.242 e. The van der Waals surface area contributed by atoms with Gasteiger partial charge < -0.3 is 5.32 Å². The smallest absolute Gasteiger partial charge is 0.242 e. The number of carbonyl (C=O) groups excluding carboxylic acids is 1. The molecule has 27 heavy (non-hydrogen) atoms. The molecule has 6 heteroatoms. The second-order valence-corrected chi connectivity index (χ2v) is 7.09. The van der Waals surface area contributed by atoms with Gasteiger partial charge in [-0.15, -0.1) is 11.3 Å². The lowest BCUT2D eigenvalue weighted by Crippen LogP contribution is -2.32. The summed E-state index contributed by atoms with van der Waals surface area (Å²) in [6, 6.07) is 20.8. The lowest BCUT2D eigenvalue weighted by atomic mass is 10.1. The number of carbonyl (C=O) groups is 1. The molecular weight excluding hydrogens is 358 g/mol. The van der Waals surface area contributed by atoms with E-state index in [4.69, 9.17) is 0 Å². The Morgan fingerprint density at radius 2 is 1.81 bits per heavy atom. The van der Waals surface area contributed by atoms with Crippen molar-refractivity contribution in [1.29, 1.82) is 0 Å². The molecule has 0 bridgehead atoms. The minimum absolute atomic E-state index is 0.0372. The Bertz CT molecular complexity index is 1120. The first-order valence-corrected chi connectivity index (χ1v) is 9.43. The lowest BCUT2D eigenvalue weighted by Gasteiger charge is -2.19. The van der Waals surface area contributed by atoms with E-state index in [-0.39, 0.29) is 23.9 Å². The summed E-state index contributed by atoms with van der Waals surface area (Å²) in [5.41, 5.74) is 1.52. The number of aromatic nitrogens is 2. The van der Waals surface area contributed by atoms with Crippen LogP contribution in [0.1, 0.15) is 16.5 Å². The van der Waals surface area contributed by atoms with E-state index >= 15 is 0 Å². The molecule has 0 saturated heterocycles. The number of para-hydroxylation sites is 1. The maximum absolute atomic E-state index is 12.8. The summed E-state index contributed by atoms with van der Waals surface area (Å²) >= 11 is 1.60. The number of hydrogen-bond donors (Lipinski definition) is 1. The number of amides is 1. The van der Waals surface area contributed by atoms with Crippen molar-refractivity contribution in [2.45, 2.75) is 12.6 Å². The number of nitrogens with one attached hydrogen (secondary N) is 1. The van der Waals surface area contributed by atoms with Crippen molar-refractivity contribution in [3.8, 4) is 0 Å². The number of thiophene rings is 1. The fraction of sp³-hybridized carbons (Fsp3) is 0.0952. The monoisotopic (exact) mass is 375 g/mol. The highest BCUT2D eigenvalue weighted by Gasteiger charge is 2.18. The van der Waals surface area contributed by atoms with Crippen molar-refractivity contribution in [3.63, 3.8) is 0 Å². The van der Waals surface area contributed by atoms with Crippen LogP contribution in [0, 0.1) is 0 Å². The Morgan fingerprint density at radius 1 is 1.04 bits per heavy atom. The highest BCUT2D eigenvalue weighted by atomic mass is 32.1. The van der Waals surface area contributed by atoms with Crippen molar-refractivity contribution in [3.05, 3.63) is 99.0 Å². The van der Waals surface area contributed by atoms with Crippen LogP contribution in [0.2, 0.25) is 0 Å². The van der Waals surface area contributed by atoms with Crippen LogP contribution in [-0.4, -0.2) is 15.7 Å². The minimum Gasteiger partial charge on any atom is -0.343 e. The molecule has 0 fully saturated rings. The first-order valence-electron chi connectivity index (χ1n) is 8.55. The molecule has 2 aromatic carbocycles. The largest absolute Gasteiger partial charge is 0.343 e. The van der Waals surface area contributed by atoms with E-state index < -0.39 is 0 Å². The van der Waals surface area contributed by atoms with Crippen LogP contribution in [0.4, 0.5) is 0 Å². The van der Waals surface area contributed by atoms with Crippen LogP contribution in [0.5, 0.6) is 0 Å². The van der Waals surface area contributed by atoms with E-state index in [0.717, 1.165) is 10.4 Å². The van der Waals surface area contributed by atoms with Crippen LogP contribution < -0.4 is 10.7 Å². The van der Waals surface area contributed by atoms with Crippen molar-refractivity contribution in [2.24, 2.45) is 0 Å². The summed E-state index contributed by atoms with van der Waals surface area (Å²) in [5, 5.41) is 9.78. The Hall–Kier alpha value is -3.25. The molecule has 0 unspecified atom stereocenters. The van der Waals surface area contributed by atoms with Gasteiger partial charge in [0.15, 0.2) is 0 Å². The zero-order valence-corrected chi connectivity index (χ0v) is 15.2. The highest BCUT2D eigenvalue weighted by molar-refractivity contribution is 7.10. The standard InChI is InChI=1S/C21H17N3O2S/c25-18-13-22-24(17-10-5-4-9-16(17)18)14-20(26)23-21(19-11-6-12-27-19)15-7-2-1-3-8-15/h1-13,21H,14H2,(H,23,26)/t21-/m1/s1. The third-order valence-corrected chi connectivity index (χ3v) is 5.26. The number of hydrogen-bond acceptors (Lipinski definition) is 4. The first kappa shape index (κ1) is 17.2. The minimum atomic E-state index is -0.218. The van der Waals surface area contributed by atoms with Crippen molar-refractivity contribution < 1.29 is 4.79 Å². The summed E-state index contributed by atoms with van der Waals surface area (Å²) in [5.74, 6) is -0.168. The zero-order chi connectivity index (χ0) is 18.6. The van der Waals surface area contributed by atoms with Gasteiger partial charge in [-0.3, -0.25) is 14.3 Å². The molecule has 2 heterocycles. The first-order chi connectivity index (χ1) is 13.2. The molecule has 1 atom stereocenters. The second kappa shape index (κ2) is 7.55. The second-order valence-electron chi connectivity index (χ2n) is 6.11. The SMILES string of the molecule is O=C(Cn1ncc(=O)c2ccccc21)N[C@H](c1ccccc1)c1cccs1. The van der Waals surface area contributed by atoms with Gasteiger partial charge in [-0.1, -0.05) is 48.5 Å². The normalized spacial score (nSPS) is 12.0. The number of fused-ring (bicyclic) bond motifs is 1. The van der Waals surface area contributed by atoms with E-state index in [2.05, 4.69) is 10.4 Å². The van der Waals surface area contributed by atoms with E-state index in [1.54, 1.807) is 34.2 Å². The van der Waals surface area contributed by atoms with Gasteiger partial charge in [-0.25, -0.2) is 0 Å². The fourth-order valence-electron chi connectivity index (χ4n) is 3.05. The average Bonchev–Trinajstić information content (AvgIpc) is 3.24. The lowest BCUT2D eigenvalue weighted by molar-refractivity contribution is -0.122. The molecule has 0 aliphatic heterocycles. The molecule has 1 amide bonds. The quantitative estimate of drug-likeness (QED) is 0.582. The van der Waals surface area contributed by atoms with Crippen LogP contribution in [-0.2, 0) is 11.3 Å². The average molecular weight is 375 g/mol. The summed E-state index contributed by atoms with van der Waals surface area (Å²) in [7, 11) is 0. The Morgan fingerprint density at radius 3 is 2.59 bits per heavy atom. The molecule has 0 aliphatic carbocycles. The Labute approximate surface area is 159 Å². The summed E-state index contributed by atoms with van der Waals surface area (Å²) in [6.07, 6.45) is 1.25. The summed E-state index contributed by atoms with van der Waals surface area (Å²) in [4.78, 5) is 25.8. The van der Waals surface area contributed by atoms with Crippen molar-refractivity contribution >= 4 is 28.1 Å². The van der Waals surface area contributed by atoms with E-state index in [1.165, 1.54) is 6.20 Å². The van der Waals surface area contributed by atoms with E-state index in [9.17, 15) is 9.59 Å². The number of nitrogens with zero attached hydrogens (tertiary/aromatic N) is 2. The zero-order valence-electron chi connectivity index (χ0n) is 14.4. The fourth-order valence-corrected chi connectivity index (χ4v) is 3.85. The molecule has 4 aromatic rings.